The van der Waals surface area contributed by atoms with Gasteiger partial charge < -0.3 is 10.5 Å². The summed E-state index contributed by atoms with van der Waals surface area (Å²) in [7, 11) is 0. The van der Waals surface area contributed by atoms with Gasteiger partial charge in [0.05, 0.1) is 5.56 Å². The molecule has 0 aliphatic rings. The summed E-state index contributed by atoms with van der Waals surface area (Å²) in [6, 6.07) is 11.2. The number of nitrogen functional groups attached to an aromatic ring is 1. The number of halogens is 1. The summed E-state index contributed by atoms with van der Waals surface area (Å²) in [6.45, 7) is 2.09. The summed E-state index contributed by atoms with van der Waals surface area (Å²) in [4.78, 5) is 11.8. The van der Waals surface area contributed by atoms with E-state index in [1.165, 1.54) is 12.1 Å². The molecule has 0 aromatic heterocycles. The normalized spacial score (nSPS) is 10.2. The molecule has 0 atom stereocenters. The van der Waals surface area contributed by atoms with Crippen LogP contribution < -0.4 is 5.73 Å². The summed E-state index contributed by atoms with van der Waals surface area (Å²) >= 11 is 0. The molecule has 3 nitrogen and oxygen atoms in total. The van der Waals surface area contributed by atoms with Crippen LogP contribution in [-0.4, -0.2) is 5.97 Å². The van der Waals surface area contributed by atoms with Crippen molar-refractivity contribution in [1.82, 2.24) is 0 Å². The Labute approximate surface area is 110 Å². The standard InChI is InChI=1S/C15H14FNO2/c1-10-3-2-4-11(7-10)9-19-15(18)13-8-12(16)5-6-14(13)17/h2-8H,9,17H2,1H3. The van der Waals surface area contributed by atoms with E-state index in [2.05, 4.69) is 0 Å². The average molecular weight is 259 g/mol. The third kappa shape index (κ3) is 3.31. The topological polar surface area (TPSA) is 52.3 Å². The van der Waals surface area contributed by atoms with E-state index in [1.54, 1.807) is 0 Å². The highest BCUT2D eigenvalue weighted by atomic mass is 19.1. The molecule has 0 bridgehead atoms. The number of hydrogen-bond donors (Lipinski definition) is 1. The summed E-state index contributed by atoms with van der Waals surface area (Å²) < 4.78 is 18.2. The predicted octanol–water partition coefficient (Wildman–Crippen LogP) is 3.07. The zero-order chi connectivity index (χ0) is 13.8. The number of rotatable bonds is 3. The second-order valence-corrected chi connectivity index (χ2v) is 4.30. The van der Waals surface area contributed by atoms with E-state index in [4.69, 9.17) is 10.5 Å². The van der Waals surface area contributed by atoms with Crippen molar-refractivity contribution in [1.29, 1.82) is 0 Å². The number of carbonyl (C=O) groups is 1. The fraction of sp³-hybridized carbons (Fsp3) is 0.133. The van der Waals surface area contributed by atoms with Gasteiger partial charge in [0.15, 0.2) is 0 Å². The number of nitrogens with two attached hydrogens (primary N) is 1. The Morgan fingerprint density at radius 3 is 2.79 bits per heavy atom. The van der Waals surface area contributed by atoms with Crippen molar-refractivity contribution in [2.75, 3.05) is 5.73 Å². The molecule has 98 valence electrons. The minimum Gasteiger partial charge on any atom is -0.457 e. The van der Waals surface area contributed by atoms with Crippen molar-refractivity contribution in [2.24, 2.45) is 0 Å². The number of anilines is 1. The van der Waals surface area contributed by atoms with E-state index in [0.29, 0.717) is 0 Å². The Morgan fingerprint density at radius 1 is 1.26 bits per heavy atom. The first kappa shape index (κ1) is 13.1. The maximum absolute atomic E-state index is 13.1. The summed E-state index contributed by atoms with van der Waals surface area (Å²) in [5.74, 6) is -1.14. The van der Waals surface area contributed by atoms with Crippen LogP contribution in [0.15, 0.2) is 42.5 Å². The van der Waals surface area contributed by atoms with E-state index in [9.17, 15) is 9.18 Å². The fourth-order valence-corrected chi connectivity index (χ4v) is 1.73. The molecule has 0 saturated heterocycles. The first-order valence-electron chi connectivity index (χ1n) is 5.84. The van der Waals surface area contributed by atoms with E-state index < -0.39 is 11.8 Å². The van der Waals surface area contributed by atoms with E-state index in [0.717, 1.165) is 17.2 Å². The molecule has 2 aromatic rings. The van der Waals surface area contributed by atoms with Crippen LogP contribution in [0, 0.1) is 12.7 Å². The Morgan fingerprint density at radius 2 is 2.05 bits per heavy atom. The Bertz CT molecular complexity index is 611. The monoisotopic (exact) mass is 259 g/mol. The lowest BCUT2D eigenvalue weighted by Gasteiger charge is -2.07. The van der Waals surface area contributed by atoms with Gasteiger partial charge in [-0.15, -0.1) is 0 Å². The van der Waals surface area contributed by atoms with Crippen LogP contribution in [0.25, 0.3) is 0 Å². The largest absolute Gasteiger partial charge is 0.457 e. The highest BCUT2D eigenvalue weighted by Gasteiger charge is 2.12. The molecular weight excluding hydrogens is 245 g/mol. The third-order valence-corrected chi connectivity index (χ3v) is 2.69. The van der Waals surface area contributed by atoms with E-state index in [-0.39, 0.29) is 17.9 Å². The summed E-state index contributed by atoms with van der Waals surface area (Å²) in [5, 5.41) is 0. The van der Waals surface area contributed by atoms with Crippen LogP contribution in [0.4, 0.5) is 10.1 Å². The van der Waals surface area contributed by atoms with Crippen LogP contribution in [0.1, 0.15) is 21.5 Å². The summed E-state index contributed by atoms with van der Waals surface area (Å²) in [6.07, 6.45) is 0. The molecular formula is C15H14FNO2. The Kier molecular flexibility index (Phi) is 3.80. The van der Waals surface area contributed by atoms with Gasteiger partial charge in [-0.1, -0.05) is 29.8 Å². The fourth-order valence-electron chi connectivity index (χ4n) is 1.73. The van der Waals surface area contributed by atoms with Crippen LogP contribution in [0.3, 0.4) is 0 Å². The van der Waals surface area contributed by atoms with E-state index in [1.807, 2.05) is 31.2 Å². The molecule has 2 rings (SSSR count). The second kappa shape index (κ2) is 5.52. The van der Waals surface area contributed by atoms with Gasteiger partial charge in [0, 0.05) is 5.69 Å². The minimum absolute atomic E-state index is 0.0488. The molecule has 4 heteroatoms. The number of esters is 1. The van der Waals surface area contributed by atoms with Crippen molar-refractivity contribution in [3.63, 3.8) is 0 Å². The molecule has 0 aliphatic heterocycles. The van der Waals surface area contributed by atoms with Crippen LogP contribution in [0.2, 0.25) is 0 Å². The molecule has 0 heterocycles. The van der Waals surface area contributed by atoms with Gasteiger partial charge >= 0.3 is 5.97 Å². The van der Waals surface area contributed by atoms with Gasteiger partial charge in [-0.3, -0.25) is 0 Å². The zero-order valence-electron chi connectivity index (χ0n) is 10.5. The molecule has 0 aliphatic carbocycles. The zero-order valence-corrected chi connectivity index (χ0v) is 10.5. The highest BCUT2D eigenvalue weighted by Crippen LogP contribution is 2.15. The van der Waals surface area contributed by atoms with E-state index >= 15 is 0 Å². The summed E-state index contributed by atoms with van der Waals surface area (Å²) in [5.41, 5.74) is 7.83. The third-order valence-electron chi connectivity index (χ3n) is 2.69. The van der Waals surface area contributed by atoms with Gasteiger partial charge in [-0.2, -0.15) is 0 Å². The second-order valence-electron chi connectivity index (χ2n) is 4.30. The smallest absolute Gasteiger partial charge is 0.340 e. The maximum Gasteiger partial charge on any atom is 0.340 e. The number of hydrogen-bond acceptors (Lipinski definition) is 3. The lowest BCUT2D eigenvalue weighted by Crippen LogP contribution is -2.08. The number of ether oxygens (including phenoxy) is 1. The molecule has 2 N–H and O–H groups in total. The Hall–Kier alpha value is -2.36. The minimum atomic E-state index is -0.626. The lowest BCUT2D eigenvalue weighted by molar-refractivity contribution is 0.0473. The lowest BCUT2D eigenvalue weighted by atomic mass is 10.1. The molecule has 0 radical (unpaired) electrons. The van der Waals surface area contributed by atoms with Crippen molar-refractivity contribution in [2.45, 2.75) is 13.5 Å². The van der Waals surface area contributed by atoms with Gasteiger partial charge in [0.1, 0.15) is 12.4 Å². The first-order chi connectivity index (χ1) is 9.06. The molecule has 0 saturated carbocycles. The van der Waals surface area contributed by atoms with Crippen LogP contribution in [0.5, 0.6) is 0 Å². The molecule has 0 spiro atoms. The Balaban J connectivity index is 2.07. The quantitative estimate of drug-likeness (QED) is 0.680. The first-order valence-corrected chi connectivity index (χ1v) is 5.84. The number of carbonyl (C=O) groups excluding carboxylic acids is 1. The molecule has 2 aromatic carbocycles. The van der Waals surface area contributed by atoms with Crippen molar-refractivity contribution >= 4 is 11.7 Å². The van der Waals surface area contributed by atoms with Gasteiger partial charge in [-0.25, -0.2) is 9.18 Å². The van der Waals surface area contributed by atoms with Crippen molar-refractivity contribution < 1.29 is 13.9 Å². The molecule has 0 fully saturated rings. The van der Waals surface area contributed by atoms with Crippen LogP contribution >= 0.6 is 0 Å². The number of benzene rings is 2. The van der Waals surface area contributed by atoms with Crippen LogP contribution in [-0.2, 0) is 11.3 Å². The maximum atomic E-state index is 13.1. The van der Waals surface area contributed by atoms with Gasteiger partial charge in [0.25, 0.3) is 0 Å². The number of aryl methyl sites for hydroxylation is 1. The van der Waals surface area contributed by atoms with Crippen molar-refractivity contribution in [3.8, 4) is 0 Å². The highest BCUT2D eigenvalue weighted by molar-refractivity contribution is 5.95. The molecule has 0 unspecified atom stereocenters. The van der Waals surface area contributed by atoms with Gasteiger partial charge in [-0.05, 0) is 30.7 Å². The average Bonchev–Trinajstić information content (AvgIpc) is 2.39. The van der Waals surface area contributed by atoms with Gasteiger partial charge in [0.2, 0.25) is 0 Å². The predicted molar refractivity (Wildman–Crippen MR) is 71.1 cm³/mol. The molecule has 0 amide bonds. The SMILES string of the molecule is Cc1cccc(COC(=O)c2cc(F)ccc2N)c1. The van der Waals surface area contributed by atoms with Crippen molar-refractivity contribution in [3.05, 3.63) is 65.0 Å². The molecule has 19 heavy (non-hydrogen) atoms.